The van der Waals surface area contributed by atoms with E-state index in [0.717, 1.165) is 22.6 Å². The zero-order chi connectivity index (χ0) is 16.2. The van der Waals surface area contributed by atoms with Gasteiger partial charge in [0.2, 0.25) is 0 Å². The van der Waals surface area contributed by atoms with Gasteiger partial charge in [-0.25, -0.2) is 4.98 Å². The summed E-state index contributed by atoms with van der Waals surface area (Å²) in [5.41, 5.74) is 3.57. The number of nitrogens with one attached hydrogen (secondary N) is 1. The van der Waals surface area contributed by atoms with Crippen molar-refractivity contribution in [3.8, 4) is 22.6 Å². The van der Waals surface area contributed by atoms with Gasteiger partial charge in [-0.2, -0.15) is 0 Å². The highest BCUT2D eigenvalue weighted by atomic mass is 16.4. The Kier molecular flexibility index (Phi) is 4.38. The van der Waals surface area contributed by atoms with E-state index < -0.39 is 0 Å². The molecule has 0 aliphatic heterocycles. The van der Waals surface area contributed by atoms with Crippen LogP contribution in [0.2, 0.25) is 0 Å². The molecule has 3 nitrogen and oxygen atoms in total. The van der Waals surface area contributed by atoms with Crippen molar-refractivity contribution < 1.29 is 4.42 Å². The zero-order valence-electron chi connectivity index (χ0n) is 13.4. The van der Waals surface area contributed by atoms with Gasteiger partial charge in [0.05, 0.1) is 0 Å². The van der Waals surface area contributed by atoms with E-state index >= 15 is 0 Å². The van der Waals surface area contributed by atoms with Gasteiger partial charge < -0.3 is 9.83 Å². The van der Waals surface area contributed by atoms with Crippen LogP contribution in [0.4, 0.5) is 0 Å². The van der Waals surface area contributed by atoms with E-state index in [1.807, 2.05) is 74.5 Å². The van der Waals surface area contributed by atoms with Crippen LogP contribution in [0.1, 0.15) is 19.7 Å². The molecule has 1 atom stereocenters. The van der Waals surface area contributed by atoms with Gasteiger partial charge in [-0.1, -0.05) is 67.6 Å². The molecule has 0 fully saturated rings. The SMILES string of the molecule is CC(=N)[C@@H](C)Cc1nc(-c2ccccc2)c(-c2ccccc2)o1. The van der Waals surface area contributed by atoms with Gasteiger partial charge in [-0.05, 0) is 6.92 Å². The van der Waals surface area contributed by atoms with Crippen LogP contribution in [0.5, 0.6) is 0 Å². The van der Waals surface area contributed by atoms with Crippen LogP contribution in [0.15, 0.2) is 65.1 Å². The summed E-state index contributed by atoms with van der Waals surface area (Å²) in [7, 11) is 0. The largest absolute Gasteiger partial charge is 0.440 e. The third-order valence-electron chi connectivity index (χ3n) is 3.97. The van der Waals surface area contributed by atoms with E-state index in [9.17, 15) is 0 Å². The van der Waals surface area contributed by atoms with Crippen molar-refractivity contribution in [2.75, 3.05) is 0 Å². The standard InChI is InChI=1S/C20H20N2O/c1-14(15(2)21)13-18-22-19(16-9-5-3-6-10-16)20(23-18)17-11-7-4-8-12-17/h3-12,14,21H,13H2,1-2H3/t14-/m0/s1. The number of hydrogen-bond acceptors (Lipinski definition) is 3. The maximum Gasteiger partial charge on any atom is 0.196 e. The summed E-state index contributed by atoms with van der Waals surface area (Å²) < 4.78 is 6.07. The second-order valence-electron chi connectivity index (χ2n) is 5.81. The first-order valence-corrected chi connectivity index (χ1v) is 7.80. The molecule has 0 radical (unpaired) electrons. The van der Waals surface area contributed by atoms with E-state index in [1.54, 1.807) is 0 Å². The Bertz CT molecular complexity index is 734. The van der Waals surface area contributed by atoms with E-state index in [2.05, 4.69) is 0 Å². The molecule has 3 rings (SSSR count). The molecule has 23 heavy (non-hydrogen) atoms. The van der Waals surface area contributed by atoms with Gasteiger partial charge in [0, 0.05) is 29.2 Å². The second kappa shape index (κ2) is 6.61. The van der Waals surface area contributed by atoms with Gasteiger partial charge in [-0.3, -0.25) is 0 Å². The second-order valence-corrected chi connectivity index (χ2v) is 5.81. The average Bonchev–Trinajstić information content (AvgIpc) is 3.00. The lowest BCUT2D eigenvalue weighted by Crippen LogP contribution is -2.08. The molecule has 0 saturated carbocycles. The highest BCUT2D eigenvalue weighted by Gasteiger charge is 2.18. The zero-order valence-corrected chi connectivity index (χ0v) is 13.4. The molecule has 1 heterocycles. The Labute approximate surface area is 136 Å². The Hall–Kier alpha value is -2.68. The van der Waals surface area contributed by atoms with E-state index in [-0.39, 0.29) is 5.92 Å². The van der Waals surface area contributed by atoms with E-state index in [4.69, 9.17) is 14.8 Å². The molecule has 0 amide bonds. The van der Waals surface area contributed by atoms with Crippen molar-refractivity contribution >= 4 is 5.71 Å². The minimum Gasteiger partial charge on any atom is -0.440 e. The molecule has 116 valence electrons. The lowest BCUT2D eigenvalue weighted by molar-refractivity contribution is 0.486. The predicted octanol–water partition coefficient (Wildman–Crippen LogP) is 5.23. The predicted molar refractivity (Wildman–Crippen MR) is 93.6 cm³/mol. The minimum atomic E-state index is 0.126. The van der Waals surface area contributed by atoms with Crippen molar-refractivity contribution in [3.05, 3.63) is 66.6 Å². The molecule has 2 aromatic carbocycles. The van der Waals surface area contributed by atoms with Crippen LogP contribution < -0.4 is 0 Å². The molecule has 1 N–H and O–H groups in total. The normalized spacial score (nSPS) is 12.1. The first kappa shape index (κ1) is 15.2. The van der Waals surface area contributed by atoms with Crippen LogP contribution >= 0.6 is 0 Å². The molecule has 0 aliphatic rings. The average molecular weight is 304 g/mol. The van der Waals surface area contributed by atoms with Gasteiger partial charge in [0.1, 0.15) is 5.69 Å². The molecule has 0 bridgehead atoms. The van der Waals surface area contributed by atoms with Gasteiger partial charge >= 0.3 is 0 Å². The summed E-state index contributed by atoms with van der Waals surface area (Å²) in [5.74, 6) is 1.60. The lowest BCUT2D eigenvalue weighted by atomic mass is 10.0. The first-order valence-electron chi connectivity index (χ1n) is 7.80. The molecule has 0 aliphatic carbocycles. The van der Waals surface area contributed by atoms with Gasteiger partial charge in [0.15, 0.2) is 11.7 Å². The Balaban J connectivity index is 2.06. The molecular weight excluding hydrogens is 284 g/mol. The lowest BCUT2D eigenvalue weighted by Gasteiger charge is -2.05. The fourth-order valence-electron chi connectivity index (χ4n) is 2.44. The molecular formula is C20H20N2O. The highest BCUT2D eigenvalue weighted by Crippen LogP contribution is 2.33. The van der Waals surface area contributed by atoms with Crippen molar-refractivity contribution in [3.63, 3.8) is 0 Å². The van der Waals surface area contributed by atoms with Gasteiger partial charge in [-0.15, -0.1) is 0 Å². The number of rotatable bonds is 5. The molecule has 3 aromatic rings. The smallest absolute Gasteiger partial charge is 0.196 e. The Morgan fingerprint density at radius 1 is 1.00 bits per heavy atom. The maximum absolute atomic E-state index is 7.77. The molecule has 0 unspecified atom stereocenters. The van der Waals surface area contributed by atoms with E-state index in [0.29, 0.717) is 18.0 Å². The third-order valence-corrected chi connectivity index (χ3v) is 3.97. The first-order chi connectivity index (χ1) is 11.1. The van der Waals surface area contributed by atoms with Crippen LogP contribution in [0.25, 0.3) is 22.6 Å². The summed E-state index contributed by atoms with van der Waals surface area (Å²) in [5, 5.41) is 7.77. The molecule has 1 aromatic heterocycles. The Morgan fingerprint density at radius 2 is 1.57 bits per heavy atom. The molecule has 0 saturated heterocycles. The van der Waals surface area contributed by atoms with E-state index in [1.165, 1.54) is 0 Å². The fourth-order valence-corrected chi connectivity index (χ4v) is 2.44. The monoisotopic (exact) mass is 304 g/mol. The number of oxazole rings is 1. The fraction of sp³-hybridized carbons (Fsp3) is 0.200. The highest BCUT2D eigenvalue weighted by molar-refractivity contribution is 5.81. The van der Waals surface area contributed by atoms with Crippen molar-refractivity contribution in [1.29, 1.82) is 5.41 Å². The number of hydrogen-bond donors (Lipinski definition) is 1. The number of nitrogens with zero attached hydrogens (tertiary/aromatic N) is 1. The Morgan fingerprint density at radius 3 is 2.13 bits per heavy atom. The van der Waals surface area contributed by atoms with Crippen LogP contribution in [0.3, 0.4) is 0 Å². The third kappa shape index (κ3) is 3.39. The topological polar surface area (TPSA) is 49.9 Å². The quantitative estimate of drug-likeness (QED) is 0.656. The molecule has 3 heteroatoms. The summed E-state index contributed by atoms with van der Waals surface area (Å²) >= 11 is 0. The van der Waals surface area contributed by atoms with Crippen LogP contribution in [-0.2, 0) is 6.42 Å². The van der Waals surface area contributed by atoms with Crippen LogP contribution in [0, 0.1) is 11.3 Å². The number of benzene rings is 2. The van der Waals surface area contributed by atoms with Crippen molar-refractivity contribution in [2.24, 2.45) is 5.92 Å². The minimum absolute atomic E-state index is 0.126. The summed E-state index contributed by atoms with van der Waals surface area (Å²) in [4.78, 5) is 4.72. The molecule has 0 spiro atoms. The summed E-state index contributed by atoms with van der Waals surface area (Å²) in [6.45, 7) is 3.85. The number of aromatic nitrogens is 1. The van der Waals surface area contributed by atoms with Crippen molar-refractivity contribution in [2.45, 2.75) is 20.3 Å². The van der Waals surface area contributed by atoms with Crippen LogP contribution in [-0.4, -0.2) is 10.7 Å². The summed E-state index contributed by atoms with van der Waals surface area (Å²) in [6, 6.07) is 20.1. The van der Waals surface area contributed by atoms with Gasteiger partial charge in [0.25, 0.3) is 0 Å². The van der Waals surface area contributed by atoms with Crippen molar-refractivity contribution in [1.82, 2.24) is 4.98 Å². The summed E-state index contributed by atoms with van der Waals surface area (Å²) in [6.07, 6.45) is 0.641. The maximum atomic E-state index is 7.77.